The molecule has 9 heteroatoms. The number of carboxylic acids is 1. The molecule has 6 fully saturated rings. The molecule has 0 unspecified atom stereocenters. The van der Waals surface area contributed by atoms with Crippen molar-refractivity contribution in [3.8, 4) is 0 Å². The third kappa shape index (κ3) is 4.46. The Labute approximate surface area is 268 Å². The summed E-state index contributed by atoms with van der Waals surface area (Å²) >= 11 is 0. The molecule has 0 aromatic carbocycles. The molecule has 1 aliphatic heterocycles. The first-order valence-electron chi connectivity index (χ1n) is 17.6. The van der Waals surface area contributed by atoms with E-state index in [0.717, 1.165) is 32.1 Å². The molecule has 1 saturated heterocycles. The molecule has 0 radical (unpaired) electrons. The summed E-state index contributed by atoms with van der Waals surface area (Å²) in [6.07, 6.45) is 2.62. The van der Waals surface area contributed by atoms with E-state index in [9.17, 15) is 35.4 Å². The highest BCUT2D eigenvalue weighted by Crippen LogP contribution is 2.89. The van der Waals surface area contributed by atoms with Crippen molar-refractivity contribution >= 4 is 5.97 Å². The maximum Gasteiger partial charge on any atom is 0.312 e. The number of hydrogen-bond donors (Lipinski definition) is 6. The van der Waals surface area contributed by atoms with E-state index in [2.05, 4.69) is 40.7 Å². The van der Waals surface area contributed by atoms with Crippen LogP contribution in [0.3, 0.4) is 0 Å². The van der Waals surface area contributed by atoms with Gasteiger partial charge in [-0.05, 0) is 118 Å². The maximum absolute atomic E-state index is 13.3. The van der Waals surface area contributed by atoms with Crippen LogP contribution in [0.2, 0.25) is 0 Å². The van der Waals surface area contributed by atoms with Crippen LogP contribution < -0.4 is 0 Å². The Balaban J connectivity index is 1.27. The highest BCUT2D eigenvalue weighted by molar-refractivity contribution is 5.76. The van der Waals surface area contributed by atoms with Gasteiger partial charge in [-0.2, -0.15) is 0 Å². The van der Waals surface area contributed by atoms with Gasteiger partial charge in [0.15, 0.2) is 6.29 Å². The summed E-state index contributed by atoms with van der Waals surface area (Å²) in [5.41, 5.74) is -0.205. The van der Waals surface area contributed by atoms with Gasteiger partial charge in [-0.3, -0.25) is 4.79 Å². The molecule has 256 valence electrons. The van der Waals surface area contributed by atoms with E-state index in [0.29, 0.717) is 24.2 Å². The zero-order valence-electron chi connectivity index (χ0n) is 28.1. The van der Waals surface area contributed by atoms with Crippen molar-refractivity contribution in [2.24, 2.45) is 50.7 Å². The van der Waals surface area contributed by atoms with Crippen molar-refractivity contribution < 1.29 is 44.9 Å². The zero-order valence-corrected chi connectivity index (χ0v) is 28.1. The van der Waals surface area contributed by atoms with Gasteiger partial charge in [0.25, 0.3) is 0 Å². The number of allylic oxidation sites excluding steroid dienone is 2. The number of aliphatic hydroxyl groups is 5. The Hall–Kier alpha value is -1.07. The van der Waals surface area contributed by atoms with Crippen molar-refractivity contribution in [3.63, 3.8) is 0 Å². The second-order valence-electron chi connectivity index (χ2n) is 17.0. The average Bonchev–Trinajstić information content (AvgIpc) is 3.60. The van der Waals surface area contributed by atoms with Crippen LogP contribution in [0, 0.1) is 50.7 Å². The lowest BCUT2D eigenvalue weighted by atomic mass is 9.41. The highest BCUT2D eigenvalue weighted by atomic mass is 16.7. The first-order chi connectivity index (χ1) is 21.0. The number of aliphatic hydroxyl groups excluding tert-OH is 5. The van der Waals surface area contributed by atoms with E-state index in [4.69, 9.17) is 9.47 Å². The minimum Gasteiger partial charge on any atom is -0.481 e. The summed E-state index contributed by atoms with van der Waals surface area (Å²) in [5, 5.41) is 63.9. The fourth-order valence-electron chi connectivity index (χ4n) is 12.7. The first-order valence-corrected chi connectivity index (χ1v) is 17.6. The summed E-state index contributed by atoms with van der Waals surface area (Å²) in [6, 6.07) is 0. The number of carboxylic acid groups (broad SMARTS) is 1. The van der Waals surface area contributed by atoms with Crippen LogP contribution in [0.5, 0.6) is 0 Å². The van der Waals surface area contributed by atoms with Crippen molar-refractivity contribution in [2.75, 3.05) is 6.61 Å². The number of rotatable bonds is 8. The Bertz CT molecular complexity index is 1190. The number of aliphatic carboxylic acids is 1. The Morgan fingerprint density at radius 1 is 0.956 bits per heavy atom. The summed E-state index contributed by atoms with van der Waals surface area (Å²) in [7, 11) is 0. The molecule has 45 heavy (non-hydrogen) atoms. The van der Waals surface area contributed by atoms with Crippen LogP contribution in [0.4, 0.5) is 0 Å². The van der Waals surface area contributed by atoms with Gasteiger partial charge in [0.05, 0.1) is 24.2 Å². The third-order valence-electron chi connectivity index (χ3n) is 15.3. The Kier molecular flexibility index (Phi) is 8.45. The second-order valence-corrected chi connectivity index (χ2v) is 17.0. The lowest BCUT2D eigenvalue weighted by Crippen LogP contribution is -2.66. The van der Waals surface area contributed by atoms with E-state index in [1.54, 1.807) is 6.92 Å². The molecule has 6 aliphatic rings. The first kappa shape index (κ1) is 33.8. The minimum atomic E-state index is -1.63. The smallest absolute Gasteiger partial charge is 0.312 e. The standard InChI is InChI=1S/C36H58O9/c1-19(2)8-7-9-20(3)21-12-13-33(5)23-10-11-24-34(6,31(42)43)26(45-30-29(41)28(40)27(39)22(17-37)44-30)16-25(38)36(24)18-35(23,36)15-14-32(21,33)4/h8,20-30,37-41H,7,9-18H2,1-6H3,(H,42,43)/t20-,21-,22-,23-,24+,25+,26+,27-,28+,29-,30+,32+,33+,34-,35-,36+/m0/s1. The van der Waals surface area contributed by atoms with E-state index >= 15 is 0 Å². The van der Waals surface area contributed by atoms with Crippen molar-refractivity contribution in [1.82, 2.24) is 0 Å². The quantitative estimate of drug-likeness (QED) is 0.171. The molecule has 5 aliphatic carbocycles. The number of fused-ring (bicyclic) bond motifs is 2. The molecule has 0 amide bonds. The molecular weight excluding hydrogens is 576 g/mol. The summed E-state index contributed by atoms with van der Waals surface area (Å²) in [4.78, 5) is 13.3. The number of ether oxygens (including phenoxy) is 2. The largest absolute Gasteiger partial charge is 0.481 e. The van der Waals surface area contributed by atoms with Gasteiger partial charge < -0.3 is 40.1 Å². The van der Waals surface area contributed by atoms with Crippen molar-refractivity contribution in [2.45, 2.75) is 149 Å². The fraction of sp³-hybridized carbons (Fsp3) is 0.917. The van der Waals surface area contributed by atoms with Gasteiger partial charge >= 0.3 is 5.97 Å². The molecule has 1 heterocycles. The lowest BCUT2D eigenvalue weighted by molar-refractivity contribution is -0.330. The van der Waals surface area contributed by atoms with Gasteiger partial charge in [0.1, 0.15) is 24.4 Å². The topological polar surface area (TPSA) is 157 Å². The third-order valence-corrected chi connectivity index (χ3v) is 15.3. The highest BCUT2D eigenvalue weighted by Gasteiger charge is 2.86. The van der Waals surface area contributed by atoms with Gasteiger partial charge in [0, 0.05) is 11.8 Å². The van der Waals surface area contributed by atoms with Crippen LogP contribution in [-0.2, 0) is 14.3 Å². The maximum atomic E-state index is 13.3. The van der Waals surface area contributed by atoms with Crippen LogP contribution in [-0.4, -0.2) is 86.1 Å². The van der Waals surface area contributed by atoms with Crippen LogP contribution in [0.25, 0.3) is 0 Å². The van der Waals surface area contributed by atoms with E-state index in [-0.39, 0.29) is 28.6 Å². The van der Waals surface area contributed by atoms with E-state index < -0.39 is 66.3 Å². The van der Waals surface area contributed by atoms with Crippen LogP contribution in [0.1, 0.15) is 106 Å². The summed E-state index contributed by atoms with van der Waals surface area (Å²) < 4.78 is 11.8. The normalized spacial score (nSPS) is 54.2. The predicted octanol–water partition coefficient (Wildman–Crippen LogP) is 4.03. The van der Waals surface area contributed by atoms with Crippen LogP contribution >= 0.6 is 0 Å². The molecule has 2 spiro atoms. The van der Waals surface area contributed by atoms with E-state index in [1.807, 2.05) is 0 Å². The minimum absolute atomic E-state index is 0.0841. The number of carbonyl (C=O) groups is 1. The Morgan fingerprint density at radius 2 is 1.64 bits per heavy atom. The zero-order chi connectivity index (χ0) is 32.9. The molecule has 5 saturated carbocycles. The van der Waals surface area contributed by atoms with Crippen LogP contribution in [0.15, 0.2) is 11.6 Å². The average molecular weight is 635 g/mol. The molecule has 6 rings (SSSR count). The van der Waals surface area contributed by atoms with Gasteiger partial charge in [-0.25, -0.2) is 0 Å². The molecule has 0 aromatic heterocycles. The van der Waals surface area contributed by atoms with Crippen molar-refractivity contribution in [1.29, 1.82) is 0 Å². The molecule has 6 N–H and O–H groups in total. The SMILES string of the molecule is CC(C)=CCC[C@H](C)[C@@H]1CC[C@]2(C)[C@@H]3CC[C@@H]4[C@](C)(C(=O)O)[C@H](O[C@H]5O[C@@H](CO)[C@H](O)[C@@H](O)[C@@H]5O)C[C@@H](O)[C@@]45C[C@@]35CC[C@]12C. The predicted molar refractivity (Wildman–Crippen MR) is 167 cm³/mol. The molecule has 0 aromatic rings. The molecule has 16 atom stereocenters. The summed E-state index contributed by atoms with van der Waals surface area (Å²) in [6.45, 7) is 13.0. The molecule has 0 bridgehead atoms. The van der Waals surface area contributed by atoms with Gasteiger partial charge in [-0.15, -0.1) is 0 Å². The van der Waals surface area contributed by atoms with Crippen molar-refractivity contribution in [3.05, 3.63) is 11.6 Å². The second kappa shape index (κ2) is 11.2. The van der Waals surface area contributed by atoms with Gasteiger partial charge in [0.2, 0.25) is 0 Å². The fourth-order valence-corrected chi connectivity index (χ4v) is 12.7. The molecule has 9 nitrogen and oxygen atoms in total. The lowest BCUT2D eigenvalue weighted by Gasteiger charge is -2.64. The van der Waals surface area contributed by atoms with E-state index in [1.165, 1.54) is 24.8 Å². The summed E-state index contributed by atoms with van der Waals surface area (Å²) in [5.74, 6) is 0.430. The Morgan fingerprint density at radius 3 is 2.29 bits per heavy atom. The molecular formula is C36H58O9. The number of hydrogen-bond acceptors (Lipinski definition) is 8. The monoisotopic (exact) mass is 634 g/mol. The van der Waals surface area contributed by atoms with Gasteiger partial charge in [-0.1, -0.05) is 32.4 Å².